The normalized spacial score (nSPS) is 16.5. The molecule has 0 saturated carbocycles. The number of halogens is 2. The number of benzene rings is 6. The number of anilines is 2. The van der Waals surface area contributed by atoms with Crippen LogP contribution in [0, 0.1) is 0 Å². The molecular weight excluding hydrogens is 948 g/mol. The number of carboxylic acid groups (broad SMARTS) is 1. The summed E-state index contributed by atoms with van der Waals surface area (Å²) in [5.41, 5.74) is 12.2. The van der Waals surface area contributed by atoms with Crippen LogP contribution in [0.3, 0.4) is 0 Å². The molecule has 0 spiro atoms. The van der Waals surface area contributed by atoms with Gasteiger partial charge in [0.2, 0.25) is 0 Å². The molecule has 3 N–H and O–H groups in total. The minimum Gasteiger partial charge on any atom is -0.486 e. The van der Waals surface area contributed by atoms with Crippen molar-refractivity contribution in [1.29, 1.82) is 0 Å². The fraction of sp³-hybridized carbons (Fsp3) is 0.268. The molecule has 1 amide bonds. The monoisotopic (exact) mass is 1000 g/mol. The lowest BCUT2D eigenvalue weighted by Gasteiger charge is -2.41. The number of ether oxygens (including phenoxy) is 5. The van der Waals surface area contributed by atoms with Crippen LogP contribution in [0.5, 0.6) is 23.0 Å². The number of hydrogen-bond acceptors (Lipinski definition) is 11. The number of carbonyl (C=O) groups excluding carboxylic acids is 4. The number of amides is 1. The Morgan fingerprint density at radius 2 is 1.21 bits per heavy atom. The molecule has 2 atom stereocenters. The van der Waals surface area contributed by atoms with Crippen LogP contribution >= 0.6 is 23.2 Å². The van der Waals surface area contributed by atoms with Gasteiger partial charge >= 0.3 is 17.9 Å². The van der Waals surface area contributed by atoms with E-state index in [-0.39, 0.29) is 23.2 Å². The molecule has 10 rings (SSSR count). The fourth-order valence-electron chi connectivity index (χ4n) is 8.43. The Morgan fingerprint density at radius 1 is 0.662 bits per heavy atom. The summed E-state index contributed by atoms with van der Waals surface area (Å²) >= 11 is 12.7. The first-order valence-corrected chi connectivity index (χ1v) is 23.6. The Kier molecular flexibility index (Phi) is 15.8. The second-order valence-corrected chi connectivity index (χ2v) is 19.8. The summed E-state index contributed by atoms with van der Waals surface area (Å²) < 4.78 is 26.4. The summed E-state index contributed by atoms with van der Waals surface area (Å²) in [5.74, 6) is -0.806. The molecule has 0 aromatic heterocycles. The minimum atomic E-state index is -1.02. The number of aldehydes is 1. The third-order valence-electron chi connectivity index (χ3n) is 11.8. The maximum Gasteiger partial charge on any atom is 0.346 e. The van der Waals surface area contributed by atoms with Crippen LogP contribution in [0.2, 0.25) is 10.0 Å². The topological polar surface area (TPSA) is 181 Å². The third kappa shape index (κ3) is 12.0. The highest BCUT2D eigenvalue weighted by molar-refractivity contribution is 6.32. The Balaban J connectivity index is 0.000000166. The van der Waals surface area contributed by atoms with E-state index in [1.54, 1.807) is 102 Å². The van der Waals surface area contributed by atoms with E-state index in [1.807, 2.05) is 24.3 Å². The summed E-state index contributed by atoms with van der Waals surface area (Å²) in [7, 11) is 0. The number of carbonyl (C=O) groups is 5. The lowest BCUT2D eigenvalue weighted by Crippen LogP contribution is -2.45. The average Bonchev–Trinajstić information content (AvgIpc) is 3.33. The lowest BCUT2D eigenvalue weighted by molar-refractivity contribution is -0.140. The molecule has 0 saturated heterocycles. The summed E-state index contributed by atoms with van der Waals surface area (Å²) in [6, 6.07) is 34.6. The molecule has 0 fully saturated rings. The molecule has 6 aromatic carbocycles. The van der Waals surface area contributed by atoms with Crippen molar-refractivity contribution >= 4 is 64.7 Å². The number of hydrogen-bond donors (Lipinski definition) is 2. The maximum atomic E-state index is 13.9. The van der Waals surface area contributed by atoms with E-state index in [1.165, 1.54) is 0 Å². The molecule has 4 aliphatic heterocycles. The molecule has 71 heavy (non-hydrogen) atoms. The zero-order valence-electron chi connectivity index (χ0n) is 40.1. The summed E-state index contributed by atoms with van der Waals surface area (Å²) in [5, 5.41) is 11.7. The highest BCUT2D eigenvalue weighted by atomic mass is 35.5. The second-order valence-electron chi connectivity index (χ2n) is 18.9. The summed E-state index contributed by atoms with van der Waals surface area (Å²) in [4.78, 5) is 60.4. The van der Waals surface area contributed by atoms with Gasteiger partial charge in [0.15, 0.2) is 23.0 Å². The van der Waals surface area contributed by atoms with Crippen molar-refractivity contribution in [1.82, 2.24) is 0 Å². The molecule has 13 nitrogen and oxygen atoms in total. The third-order valence-corrected chi connectivity index (χ3v) is 12.5. The van der Waals surface area contributed by atoms with E-state index in [4.69, 9.17) is 47.9 Å². The van der Waals surface area contributed by atoms with E-state index in [0.29, 0.717) is 93.6 Å². The molecule has 0 unspecified atom stereocenters. The Hall–Kier alpha value is -7.35. The number of nitrogen functional groups attached to an aromatic ring is 1. The van der Waals surface area contributed by atoms with Gasteiger partial charge in [-0.25, -0.2) is 4.79 Å². The van der Waals surface area contributed by atoms with Gasteiger partial charge in [-0.3, -0.25) is 24.1 Å². The quantitative estimate of drug-likeness (QED) is 0.0739. The van der Waals surface area contributed by atoms with Crippen molar-refractivity contribution < 1.29 is 52.8 Å². The average molecular weight is 1000 g/mol. The van der Waals surface area contributed by atoms with Crippen LogP contribution in [0.1, 0.15) is 112 Å². The van der Waals surface area contributed by atoms with Crippen molar-refractivity contribution in [2.24, 2.45) is 0 Å². The van der Waals surface area contributed by atoms with E-state index in [9.17, 15) is 29.1 Å². The van der Waals surface area contributed by atoms with Gasteiger partial charge in [0, 0.05) is 32.5 Å². The molecular formula is C56H54Cl2N2O11. The molecule has 0 radical (unpaired) electrons. The highest BCUT2D eigenvalue weighted by Crippen LogP contribution is 2.48. The van der Waals surface area contributed by atoms with Crippen molar-refractivity contribution in [2.45, 2.75) is 70.8 Å². The van der Waals surface area contributed by atoms with E-state index < -0.39 is 29.9 Å². The van der Waals surface area contributed by atoms with Gasteiger partial charge in [-0.2, -0.15) is 0 Å². The Bertz CT molecular complexity index is 3000. The molecule has 368 valence electrons. The fourth-order valence-corrected chi connectivity index (χ4v) is 9.36. The standard InChI is InChI=1S/C28H26ClNO5.C10H14ClN.C9H8O3.C9H6O3/c1-28(2,3)20-10-9-17(15-21(20)29)30-25(16-8-11-22-23(14-16)35-13-12-34-22)24(27(32)33)18-6-4-5-7-19(18)26(30)31;1-10(2,3)8-5-4-7(12)6-9(8)11;10-6-7-1-2-8-9(5-7)12-4-3-11-8;10-8-5-6-3-1-2-4-7(6)9(11)12-8/h4-11,14-15,24-25H,12-13H2,1-3H3,(H,32,33);4-6H,12H2,1-3H3;1-2,5-6H,3-4H2;1-4H,5H2/t24-,25+;;;/m1.../s1. The van der Waals surface area contributed by atoms with Crippen LogP contribution in [-0.2, 0) is 31.6 Å². The Labute approximate surface area is 422 Å². The van der Waals surface area contributed by atoms with Crippen LogP contribution in [0.25, 0.3) is 0 Å². The SMILES string of the molecule is CC(C)(C)c1ccc(N)cc1Cl.CC(C)(C)c1ccc(N2C(=O)c3ccccc3[C@@H](C(=O)O)[C@@H]2c2ccc3c(c2)OCCO3)cc1Cl.O=C1Cc2ccccc2C(=O)O1.O=Cc1ccc2c(c1)OCCO2. The van der Waals surface area contributed by atoms with Crippen LogP contribution < -0.4 is 29.6 Å². The van der Waals surface area contributed by atoms with Gasteiger partial charge in [0.05, 0.1) is 18.0 Å². The van der Waals surface area contributed by atoms with Crippen molar-refractivity contribution in [3.8, 4) is 23.0 Å². The largest absolute Gasteiger partial charge is 0.486 e. The van der Waals surface area contributed by atoms with Gasteiger partial charge in [-0.05, 0) is 105 Å². The van der Waals surface area contributed by atoms with Crippen molar-refractivity contribution in [3.05, 3.63) is 176 Å². The van der Waals surface area contributed by atoms with Crippen molar-refractivity contribution in [2.75, 3.05) is 37.1 Å². The first-order valence-electron chi connectivity index (χ1n) is 22.8. The predicted octanol–water partition coefficient (Wildman–Crippen LogP) is 11.4. The number of fused-ring (bicyclic) bond motifs is 4. The molecule has 4 heterocycles. The Morgan fingerprint density at radius 3 is 1.80 bits per heavy atom. The van der Waals surface area contributed by atoms with E-state index in [2.05, 4.69) is 46.3 Å². The van der Waals surface area contributed by atoms with Gasteiger partial charge in [-0.15, -0.1) is 0 Å². The number of nitrogens with two attached hydrogens (primary N) is 1. The van der Waals surface area contributed by atoms with Crippen LogP contribution in [0.15, 0.2) is 121 Å². The molecule has 15 heteroatoms. The van der Waals surface area contributed by atoms with Crippen molar-refractivity contribution in [3.63, 3.8) is 0 Å². The zero-order valence-corrected chi connectivity index (χ0v) is 41.6. The highest BCUT2D eigenvalue weighted by Gasteiger charge is 2.45. The molecule has 0 aliphatic carbocycles. The van der Waals surface area contributed by atoms with Gasteiger partial charge < -0.3 is 34.5 Å². The van der Waals surface area contributed by atoms with E-state index >= 15 is 0 Å². The first-order chi connectivity index (χ1) is 33.7. The van der Waals surface area contributed by atoms with Gasteiger partial charge in [-0.1, -0.05) is 119 Å². The second kappa shape index (κ2) is 21.7. The van der Waals surface area contributed by atoms with Crippen LogP contribution in [-0.4, -0.2) is 61.6 Å². The first kappa shape index (κ1) is 51.5. The number of aliphatic carboxylic acids is 1. The van der Waals surface area contributed by atoms with Gasteiger partial charge in [0.1, 0.15) is 38.6 Å². The molecule has 6 aromatic rings. The molecule has 4 aliphatic rings. The van der Waals surface area contributed by atoms with E-state index in [0.717, 1.165) is 28.0 Å². The number of cyclic esters (lactones) is 2. The van der Waals surface area contributed by atoms with Gasteiger partial charge in [0.25, 0.3) is 5.91 Å². The summed E-state index contributed by atoms with van der Waals surface area (Å²) in [6.07, 6.45) is 0.986. The number of esters is 2. The zero-order chi connectivity index (χ0) is 51.2. The number of nitrogens with zero attached hydrogens (tertiary/aromatic N) is 1. The molecule has 0 bridgehead atoms. The smallest absolute Gasteiger partial charge is 0.346 e. The summed E-state index contributed by atoms with van der Waals surface area (Å²) in [6.45, 7) is 14.6. The lowest BCUT2D eigenvalue weighted by atomic mass is 9.79. The maximum absolute atomic E-state index is 13.9. The number of rotatable bonds is 4. The minimum absolute atomic E-state index is 0.0881. The predicted molar refractivity (Wildman–Crippen MR) is 272 cm³/mol. The van der Waals surface area contributed by atoms with Crippen LogP contribution in [0.4, 0.5) is 11.4 Å². The number of carboxylic acids is 1.